The van der Waals surface area contributed by atoms with Gasteiger partial charge in [0.25, 0.3) is 10.0 Å². The summed E-state index contributed by atoms with van der Waals surface area (Å²) in [4.78, 5) is -0.0657. The molecule has 4 aromatic rings. The maximum atomic E-state index is 14.0. The highest BCUT2D eigenvalue weighted by atomic mass is 32.2. The van der Waals surface area contributed by atoms with Crippen LogP contribution in [0.3, 0.4) is 0 Å². The van der Waals surface area contributed by atoms with Crippen LogP contribution in [-0.2, 0) is 16.2 Å². The van der Waals surface area contributed by atoms with Gasteiger partial charge in [0.2, 0.25) is 0 Å². The van der Waals surface area contributed by atoms with Crippen LogP contribution < -0.4 is 0 Å². The van der Waals surface area contributed by atoms with Crippen LogP contribution in [0.1, 0.15) is 11.1 Å². The predicted octanol–water partition coefficient (Wildman–Crippen LogP) is 5.93. The molecule has 0 amide bonds. The molecule has 0 aliphatic heterocycles. The number of alkyl halides is 3. The quantitative estimate of drug-likeness (QED) is 0.411. The second-order valence-electron chi connectivity index (χ2n) is 6.33. The third kappa shape index (κ3) is 2.93. The molecular weight excluding hydrogens is 407 g/mol. The minimum absolute atomic E-state index is 0.00315. The Kier molecular flexibility index (Phi) is 4.35. The molecule has 3 nitrogen and oxygen atoms in total. The number of nitrogens with zero attached hydrogens (tertiary/aromatic N) is 1. The largest absolute Gasteiger partial charge is 0.419 e. The Balaban J connectivity index is 2.17. The summed E-state index contributed by atoms with van der Waals surface area (Å²) in [5, 5.41) is 2.99. The van der Waals surface area contributed by atoms with E-state index < -0.39 is 21.8 Å². The van der Waals surface area contributed by atoms with Crippen LogP contribution in [-0.4, -0.2) is 12.4 Å². The molecule has 0 aliphatic carbocycles. The Labute approximate surface area is 163 Å². The number of rotatable bonds is 3. The number of para-hydroxylation sites is 1. The van der Waals surface area contributed by atoms with Crippen LogP contribution in [0.25, 0.3) is 22.2 Å². The molecular formula is C20H14F3NO2S2. The van der Waals surface area contributed by atoms with E-state index in [1.807, 2.05) is 0 Å². The molecule has 8 heteroatoms. The lowest BCUT2D eigenvalue weighted by Crippen LogP contribution is -2.15. The molecule has 0 bridgehead atoms. The Morgan fingerprint density at radius 1 is 0.964 bits per heavy atom. The lowest BCUT2D eigenvalue weighted by molar-refractivity contribution is -0.135. The second-order valence-corrected chi connectivity index (χ2v) is 8.90. The molecule has 0 aliphatic rings. The van der Waals surface area contributed by atoms with Crippen molar-refractivity contribution in [3.05, 3.63) is 76.5 Å². The van der Waals surface area contributed by atoms with E-state index in [2.05, 4.69) is 0 Å². The number of aryl methyl sites for hydroxylation is 1. The lowest BCUT2D eigenvalue weighted by atomic mass is 10.1. The third-order valence-electron chi connectivity index (χ3n) is 4.47. The van der Waals surface area contributed by atoms with Crippen molar-refractivity contribution in [1.29, 1.82) is 0 Å². The summed E-state index contributed by atoms with van der Waals surface area (Å²) >= 11 is 1.21. The van der Waals surface area contributed by atoms with E-state index in [9.17, 15) is 21.6 Å². The number of fused-ring (bicyclic) bond motifs is 1. The highest BCUT2D eigenvalue weighted by Crippen LogP contribution is 2.45. The highest BCUT2D eigenvalue weighted by Gasteiger charge is 2.41. The molecule has 2 aromatic heterocycles. The normalized spacial score (nSPS) is 12.6. The standard InChI is InChI=1S/C20H14F3NO2S2/c1-13-6-8-15(9-7-13)28(25,26)24-17-5-3-2-4-16(17)18(20(21,22)23)19(24)14-10-11-27-12-14/h2-12H,1H3. The smallest absolute Gasteiger partial charge is 0.233 e. The zero-order valence-corrected chi connectivity index (χ0v) is 16.2. The Hall–Kier alpha value is -2.58. The van der Waals surface area contributed by atoms with Crippen molar-refractivity contribution < 1.29 is 21.6 Å². The van der Waals surface area contributed by atoms with Crippen LogP contribution in [0.15, 0.2) is 70.3 Å². The van der Waals surface area contributed by atoms with Crippen molar-refractivity contribution in [3.8, 4) is 11.3 Å². The van der Waals surface area contributed by atoms with Gasteiger partial charge in [0.05, 0.1) is 21.7 Å². The van der Waals surface area contributed by atoms with Crippen LogP contribution in [0, 0.1) is 6.92 Å². The molecule has 0 atom stereocenters. The van der Waals surface area contributed by atoms with Crippen molar-refractivity contribution in [2.24, 2.45) is 0 Å². The minimum atomic E-state index is -4.72. The Bertz CT molecular complexity index is 1250. The molecule has 28 heavy (non-hydrogen) atoms. The van der Waals surface area contributed by atoms with Gasteiger partial charge in [-0.1, -0.05) is 35.9 Å². The summed E-state index contributed by atoms with van der Waals surface area (Å²) in [6, 6.07) is 13.2. The second kappa shape index (κ2) is 6.49. The Morgan fingerprint density at radius 2 is 1.64 bits per heavy atom. The highest BCUT2D eigenvalue weighted by molar-refractivity contribution is 7.90. The van der Waals surface area contributed by atoms with Gasteiger partial charge in [-0.15, -0.1) is 0 Å². The first-order valence-corrected chi connectivity index (χ1v) is 10.6. The molecule has 0 N–H and O–H groups in total. The summed E-state index contributed by atoms with van der Waals surface area (Å²) in [7, 11) is -4.26. The maximum Gasteiger partial charge on any atom is 0.419 e. The van der Waals surface area contributed by atoms with Gasteiger partial charge in [-0.3, -0.25) is 0 Å². The van der Waals surface area contributed by atoms with Crippen LogP contribution in [0.5, 0.6) is 0 Å². The average Bonchev–Trinajstić information content (AvgIpc) is 3.27. The number of hydrogen-bond donors (Lipinski definition) is 0. The first kappa shape index (κ1) is 18.8. The van der Waals surface area contributed by atoms with E-state index in [1.54, 1.807) is 24.4 Å². The lowest BCUT2D eigenvalue weighted by Gasteiger charge is -2.14. The van der Waals surface area contributed by atoms with Crippen LogP contribution in [0.2, 0.25) is 0 Å². The van der Waals surface area contributed by atoms with Crippen molar-refractivity contribution in [1.82, 2.24) is 3.97 Å². The fourth-order valence-electron chi connectivity index (χ4n) is 3.22. The first-order chi connectivity index (χ1) is 13.2. The summed E-state index contributed by atoms with van der Waals surface area (Å²) in [6.45, 7) is 1.81. The van der Waals surface area contributed by atoms with E-state index in [1.165, 1.54) is 59.2 Å². The zero-order valence-electron chi connectivity index (χ0n) is 14.6. The number of halogens is 3. The van der Waals surface area contributed by atoms with Crippen molar-refractivity contribution in [2.75, 3.05) is 0 Å². The van der Waals surface area contributed by atoms with Crippen molar-refractivity contribution in [2.45, 2.75) is 18.0 Å². The molecule has 0 unspecified atom stereocenters. The summed E-state index contributed by atoms with van der Waals surface area (Å²) in [6.07, 6.45) is -4.72. The summed E-state index contributed by atoms with van der Waals surface area (Å²) in [5.74, 6) is 0. The SMILES string of the molecule is Cc1ccc(S(=O)(=O)n2c(-c3ccsc3)c(C(F)(F)F)c3ccccc32)cc1. The van der Waals surface area contributed by atoms with Gasteiger partial charge in [-0.2, -0.15) is 24.5 Å². The van der Waals surface area contributed by atoms with E-state index in [-0.39, 0.29) is 27.1 Å². The van der Waals surface area contributed by atoms with Gasteiger partial charge in [-0.25, -0.2) is 12.4 Å². The fraction of sp³-hybridized carbons (Fsp3) is 0.100. The van der Waals surface area contributed by atoms with E-state index >= 15 is 0 Å². The van der Waals surface area contributed by atoms with Gasteiger partial charge in [0.15, 0.2) is 0 Å². The molecule has 2 heterocycles. The molecule has 2 aromatic carbocycles. The van der Waals surface area contributed by atoms with Gasteiger partial charge < -0.3 is 0 Å². The summed E-state index contributed by atoms with van der Waals surface area (Å²) < 4.78 is 69.7. The van der Waals surface area contributed by atoms with Crippen LogP contribution >= 0.6 is 11.3 Å². The number of benzene rings is 2. The molecule has 0 saturated carbocycles. The molecule has 4 rings (SSSR count). The third-order valence-corrected chi connectivity index (χ3v) is 6.88. The van der Waals surface area contributed by atoms with Gasteiger partial charge >= 0.3 is 6.18 Å². The average molecular weight is 421 g/mol. The van der Waals surface area contributed by atoms with Gasteiger partial charge in [0.1, 0.15) is 0 Å². The molecule has 0 fully saturated rings. The molecule has 144 valence electrons. The van der Waals surface area contributed by atoms with E-state index in [0.717, 1.165) is 9.54 Å². The molecule has 0 spiro atoms. The predicted molar refractivity (Wildman–Crippen MR) is 104 cm³/mol. The van der Waals surface area contributed by atoms with Gasteiger partial charge in [-0.05, 0) is 36.6 Å². The molecule has 0 saturated heterocycles. The maximum absolute atomic E-state index is 14.0. The fourth-order valence-corrected chi connectivity index (χ4v) is 5.41. The van der Waals surface area contributed by atoms with Crippen LogP contribution in [0.4, 0.5) is 13.2 Å². The minimum Gasteiger partial charge on any atom is -0.233 e. The Morgan fingerprint density at radius 3 is 2.25 bits per heavy atom. The topological polar surface area (TPSA) is 39.1 Å². The van der Waals surface area contributed by atoms with E-state index in [4.69, 9.17) is 0 Å². The summed E-state index contributed by atoms with van der Waals surface area (Å²) in [5.41, 5.74) is -0.251. The number of hydrogen-bond acceptors (Lipinski definition) is 3. The van der Waals surface area contributed by atoms with Gasteiger partial charge in [0, 0.05) is 16.3 Å². The number of thiophene rings is 1. The van der Waals surface area contributed by atoms with Crippen molar-refractivity contribution >= 4 is 32.3 Å². The first-order valence-electron chi connectivity index (χ1n) is 8.26. The molecule has 0 radical (unpaired) electrons. The van der Waals surface area contributed by atoms with Crippen molar-refractivity contribution in [3.63, 3.8) is 0 Å². The van der Waals surface area contributed by atoms with E-state index in [0.29, 0.717) is 0 Å². The number of aromatic nitrogens is 1. The monoisotopic (exact) mass is 421 g/mol. The zero-order chi connectivity index (χ0) is 20.1.